The molecule has 1 rings (SSSR count). The number of aliphatic imine (C=N–C) groups is 1. The van der Waals surface area contributed by atoms with Crippen molar-refractivity contribution in [1.29, 1.82) is 0 Å². The van der Waals surface area contributed by atoms with E-state index in [1.807, 2.05) is 0 Å². The van der Waals surface area contributed by atoms with E-state index in [9.17, 15) is 0 Å². The molecule has 0 atom stereocenters. The van der Waals surface area contributed by atoms with Crippen molar-refractivity contribution >= 4 is 5.96 Å². The molecule has 5 heteroatoms. The van der Waals surface area contributed by atoms with E-state index in [1.165, 1.54) is 0 Å². The van der Waals surface area contributed by atoms with Crippen LogP contribution in [0, 0.1) is 0 Å². The lowest BCUT2D eigenvalue weighted by Crippen LogP contribution is -2.40. The van der Waals surface area contributed by atoms with Crippen molar-refractivity contribution in [3.8, 4) is 0 Å². The highest BCUT2D eigenvalue weighted by atomic mass is 16.5. The van der Waals surface area contributed by atoms with Crippen LogP contribution in [0.2, 0.25) is 0 Å². The first-order valence-electron chi connectivity index (χ1n) is 7.19. The second-order valence-electron chi connectivity index (χ2n) is 4.50. The van der Waals surface area contributed by atoms with Crippen LogP contribution in [0.15, 0.2) is 4.99 Å². The Morgan fingerprint density at radius 3 is 2.67 bits per heavy atom. The third kappa shape index (κ3) is 6.81. The van der Waals surface area contributed by atoms with Crippen LogP contribution in [0.1, 0.15) is 26.7 Å². The Labute approximate surface area is 111 Å². The number of hydrogen-bond acceptors (Lipinski definition) is 3. The summed E-state index contributed by atoms with van der Waals surface area (Å²) in [6.07, 6.45) is 2.24. The highest BCUT2D eigenvalue weighted by Gasteiger charge is 2.09. The molecule has 0 bridgehead atoms. The van der Waals surface area contributed by atoms with Gasteiger partial charge in [0, 0.05) is 32.7 Å². The van der Waals surface area contributed by atoms with E-state index in [0.717, 1.165) is 71.3 Å². The fraction of sp³-hybridized carbons (Fsp3) is 0.923. The van der Waals surface area contributed by atoms with Crippen molar-refractivity contribution in [2.45, 2.75) is 26.7 Å². The molecule has 1 heterocycles. The van der Waals surface area contributed by atoms with Crippen LogP contribution >= 0.6 is 0 Å². The van der Waals surface area contributed by atoms with Gasteiger partial charge in [-0.1, -0.05) is 6.92 Å². The van der Waals surface area contributed by atoms with Crippen LogP contribution in [-0.2, 0) is 4.74 Å². The molecule has 0 radical (unpaired) electrons. The van der Waals surface area contributed by atoms with Crippen molar-refractivity contribution in [3.63, 3.8) is 0 Å². The second-order valence-corrected chi connectivity index (χ2v) is 4.50. The summed E-state index contributed by atoms with van der Waals surface area (Å²) in [6.45, 7) is 12.1. The Bertz CT molecular complexity index is 227. The number of rotatable bonds is 7. The van der Waals surface area contributed by atoms with Crippen LogP contribution in [0.3, 0.4) is 0 Å². The minimum atomic E-state index is 0.883. The zero-order valence-electron chi connectivity index (χ0n) is 11.9. The fourth-order valence-corrected chi connectivity index (χ4v) is 1.90. The first kappa shape index (κ1) is 15.2. The van der Waals surface area contributed by atoms with Crippen LogP contribution in [0.25, 0.3) is 0 Å². The SMILES string of the molecule is CCCN=C(NCC)NCCCN1CCOCC1. The van der Waals surface area contributed by atoms with E-state index in [4.69, 9.17) is 4.74 Å². The number of nitrogens with zero attached hydrogens (tertiary/aromatic N) is 2. The van der Waals surface area contributed by atoms with Gasteiger partial charge in [0.2, 0.25) is 0 Å². The Morgan fingerprint density at radius 2 is 2.00 bits per heavy atom. The van der Waals surface area contributed by atoms with Crippen molar-refractivity contribution in [3.05, 3.63) is 0 Å². The number of ether oxygens (including phenoxy) is 1. The van der Waals surface area contributed by atoms with Gasteiger partial charge in [0.1, 0.15) is 0 Å². The molecule has 18 heavy (non-hydrogen) atoms. The molecule has 0 amide bonds. The normalized spacial score (nSPS) is 17.8. The molecule has 1 aliphatic rings. The minimum absolute atomic E-state index is 0.883. The van der Waals surface area contributed by atoms with Crippen molar-refractivity contribution in [1.82, 2.24) is 15.5 Å². The van der Waals surface area contributed by atoms with E-state index in [1.54, 1.807) is 0 Å². The summed E-state index contributed by atoms with van der Waals surface area (Å²) in [5, 5.41) is 6.64. The van der Waals surface area contributed by atoms with Gasteiger partial charge in [-0.3, -0.25) is 9.89 Å². The molecule has 0 unspecified atom stereocenters. The van der Waals surface area contributed by atoms with Crippen LogP contribution in [0.4, 0.5) is 0 Å². The van der Waals surface area contributed by atoms with Gasteiger partial charge in [0.15, 0.2) is 5.96 Å². The molecular weight excluding hydrogens is 228 g/mol. The van der Waals surface area contributed by atoms with Crippen molar-refractivity contribution in [2.24, 2.45) is 4.99 Å². The van der Waals surface area contributed by atoms with Gasteiger partial charge < -0.3 is 15.4 Å². The van der Waals surface area contributed by atoms with E-state index in [-0.39, 0.29) is 0 Å². The van der Waals surface area contributed by atoms with Crippen molar-refractivity contribution in [2.75, 3.05) is 52.5 Å². The zero-order valence-corrected chi connectivity index (χ0v) is 11.9. The molecule has 0 aromatic carbocycles. The molecule has 5 nitrogen and oxygen atoms in total. The number of nitrogens with one attached hydrogen (secondary N) is 2. The summed E-state index contributed by atoms with van der Waals surface area (Å²) >= 11 is 0. The van der Waals surface area contributed by atoms with Crippen molar-refractivity contribution < 1.29 is 4.74 Å². The van der Waals surface area contributed by atoms with Crippen LogP contribution < -0.4 is 10.6 Å². The molecule has 1 fully saturated rings. The predicted octanol–water partition coefficient (Wildman–Crippen LogP) is 0.674. The first-order chi connectivity index (χ1) is 8.86. The topological polar surface area (TPSA) is 48.9 Å². The second kappa shape index (κ2) is 10.1. The molecule has 106 valence electrons. The summed E-state index contributed by atoms with van der Waals surface area (Å²) < 4.78 is 5.33. The molecule has 0 aliphatic carbocycles. The lowest BCUT2D eigenvalue weighted by atomic mass is 10.3. The Kier molecular flexibility index (Phi) is 8.59. The van der Waals surface area contributed by atoms with Gasteiger partial charge in [-0.2, -0.15) is 0 Å². The highest BCUT2D eigenvalue weighted by molar-refractivity contribution is 5.79. The Morgan fingerprint density at radius 1 is 1.22 bits per heavy atom. The average molecular weight is 256 g/mol. The summed E-state index contributed by atoms with van der Waals surface area (Å²) in [7, 11) is 0. The maximum Gasteiger partial charge on any atom is 0.191 e. The first-order valence-corrected chi connectivity index (χ1v) is 7.19. The summed E-state index contributed by atoms with van der Waals surface area (Å²) in [6, 6.07) is 0. The quantitative estimate of drug-likeness (QED) is 0.399. The third-order valence-corrected chi connectivity index (χ3v) is 2.89. The lowest BCUT2D eigenvalue weighted by molar-refractivity contribution is 0.0376. The zero-order chi connectivity index (χ0) is 13.1. The monoisotopic (exact) mass is 256 g/mol. The summed E-state index contributed by atoms with van der Waals surface area (Å²) in [5.74, 6) is 0.946. The number of morpholine rings is 1. The molecule has 0 spiro atoms. The summed E-state index contributed by atoms with van der Waals surface area (Å²) in [4.78, 5) is 6.94. The van der Waals surface area contributed by atoms with Gasteiger partial charge in [-0.25, -0.2) is 0 Å². The molecule has 0 saturated carbocycles. The highest BCUT2D eigenvalue weighted by Crippen LogP contribution is 1.97. The maximum atomic E-state index is 5.33. The van der Waals surface area contributed by atoms with Gasteiger partial charge in [0.25, 0.3) is 0 Å². The summed E-state index contributed by atoms with van der Waals surface area (Å²) in [5.41, 5.74) is 0. The molecule has 1 saturated heterocycles. The van der Waals surface area contributed by atoms with Gasteiger partial charge in [-0.05, 0) is 26.3 Å². The minimum Gasteiger partial charge on any atom is -0.379 e. The molecule has 0 aromatic heterocycles. The molecule has 0 aromatic rings. The standard InChI is InChI=1S/C13H28N4O/c1-3-6-15-13(14-4-2)16-7-5-8-17-9-11-18-12-10-17/h3-12H2,1-2H3,(H2,14,15,16). The molecule has 2 N–H and O–H groups in total. The Hall–Kier alpha value is -0.810. The van der Waals surface area contributed by atoms with Crippen LogP contribution in [0.5, 0.6) is 0 Å². The molecule has 1 aliphatic heterocycles. The van der Waals surface area contributed by atoms with Gasteiger partial charge in [-0.15, -0.1) is 0 Å². The fourth-order valence-electron chi connectivity index (χ4n) is 1.90. The number of hydrogen-bond donors (Lipinski definition) is 2. The smallest absolute Gasteiger partial charge is 0.191 e. The lowest BCUT2D eigenvalue weighted by Gasteiger charge is -2.26. The van der Waals surface area contributed by atoms with E-state index >= 15 is 0 Å². The number of guanidine groups is 1. The largest absolute Gasteiger partial charge is 0.379 e. The van der Waals surface area contributed by atoms with Gasteiger partial charge >= 0.3 is 0 Å². The van der Waals surface area contributed by atoms with Gasteiger partial charge in [0.05, 0.1) is 13.2 Å². The van der Waals surface area contributed by atoms with E-state index in [2.05, 4.69) is 34.4 Å². The Balaban J connectivity index is 2.09. The van der Waals surface area contributed by atoms with Crippen LogP contribution in [-0.4, -0.2) is 63.3 Å². The maximum absolute atomic E-state index is 5.33. The van der Waals surface area contributed by atoms with E-state index in [0.29, 0.717) is 0 Å². The molecular formula is C13H28N4O. The van der Waals surface area contributed by atoms with E-state index < -0.39 is 0 Å². The average Bonchev–Trinajstić information content (AvgIpc) is 2.42. The predicted molar refractivity (Wildman–Crippen MR) is 76.1 cm³/mol. The third-order valence-electron chi connectivity index (χ3n) is 2.89.